The molecule has 0 aromatic heterocycles. The Morgan fingerprint density at radius 1 is 1.00 bits per heavy atom. The molecule has 1 N–H and O–H groups in total. The van der Waals surface area contributed by atoms with Crippen LogP contribution < -0.4 is 5.32 Å². The molecule has 0 amide bonds. The van der Waals surface area contributed by atoms with Crippen molar-refractivity contribution in [3.63, 3.8) is 0 Å². The van der Waals surface area contributed by atoms with Gasteiger partial charge in [0.05, 0.1) is 10.0 Å². The molecule has 1 unspecified atom stereocenters. The lowest BCUT2D eigenvalue weighted by molar-refractivity contribution is 0.550. The van der Waals surface area contributed by atoms with E-state index in [0.717, 1.165) is 17.7 Å². The standard InChI is InChI=1S/C16H15Cl4N/c1-2-21-15(12-4-3-5-13(18)16(12)20)8-10-6-7-11(17)9-14(10)19/h3-7,9,15,21H,2,8H2,1H3. The van der Waals surface area contributed by atoms with E-state index in [1.807, 2.05) is 24.3 Å². The van der Waals surface area contributed by atoms with E-state index in [4.69, 9.17) is 46.4 Å². The summed E-state index contributed by atoms with van der Waals surface area (Å²) < 4.78 is 0. The van der Waals surface area contributed by atoms with E-state index < -0.39 is 0 Å². The van der Waals surface area contributed by atoms with E-state index in [-0.39, 0.29) is 6.04 Å². The maximum Gasteiger partial charge on any atom is 0.0640 e. The van der Waals surface area contributed by atoms with Gasteiger partial charge in [0.1, 0.15) is 0 Å². The van der Waals surface area contributed by atoms with Gasteiger partial charge in [-0.15, -0.1) is 0 Å². The van der Waals surface area contributed by atoms with Gasteiger partial charge in [0.25, 0.3) is 0 Å². The van der Waals surface area contributed by atoms with Crippen LogP contribution in [0.4, 0.5) is 0 Å². The van der Waals surface area contributed by atoms with E-state index in [0.29, 0.717) is 26.5 Å². The first-order chi connectivity index (χ1) is 10.0. The third-order valence-electron chi connectivity index (χ3n) is 3.25. The van der Waals surface area contributed by atoms with Gasteiger partial charge < -0.3 is 5.32 Å². The summed E-state index contributed by atoms with van der Waals surface area (Å²) in [4.78, 5) is 0. The van der Waals surface area contributed by atoms with Crippen molar-refractivity contribution >= 4 is 46.4 Å². The summed E-state index contributed by atoms with van der Waals surface area (Å²) in [7, 11) is 0. The van der Waals surface area contributed by atoms with Gasteiger partial charge in [0, 0.05) is 16.1 Å². The predicted molar refractivity (Wildman–Crippen MR) is 93.0 cm³/mol. The van der Waals surface area contributed by atoms with Gasteiger partial charge in [-0.2, -0.15) is 0 Å². The molecule has 0 bridgehead atoms. The van der Waals surface area contributed by atoms with Gasteiger partial charge >= 0.3 is 0 Å². The number of nitrogens with one attached hydrogen (secondary N) is 1. The smallest absolute Gasteiger partial charge is 0.0640 e. The molecule has 0 aliphatic carbocycles. The Labute approximate surface area is 145 Å². The summed E-state index contributed by atoms with van der Waals surface area (Å²) >= 11 is 24.6. The minimum absolute atomic E-state index is 0.0416. The Balaban J connectivity index is 2.33. The van der Waals surface area contributed by atoms with Crippen LogP contribution >= 0.6 is 46.4 Å². The minimum atomic E-state index is 0.0416. The second-order valence-electron chi connectivity index (χ2n) is 4.69. The second-order valence-corrected chi connectivity index (χ2v) is 6.32. The van der Waals surface area contributed by atoms with Gasteiger partial charge in [0.2, 0.25) is 0 Å². The molecule has 0 radical (unpaired) electrons. The van der Waals surface area contributed by atoms with Crippen LogP contribution in [0.2, 0.25) is 20.1 Å². The first kappa shape index (κ1) is 16.9. The maximum atomic E-state index is 6.33. The van der Waals surface area contributed by atoms with Crippen LogP contribution in [-0.2, 0) is 6.42 Å². The number of hydrogen-bond acceptors (Lipinski definition) is 1. The van der Waals surface area contributed by atoms with Gasteiger partial charge in [-0.1, -0.05) is 71.5 Å². The molecule has 0 saturated carbocycles. The molecule has 2 aromatic rings. The van der Waals surface area contributed by atoms with Crippen molar-refractivity contribution in [3.8, 4) is 0 Å². The molecular weight excluding hydrogens is 348 g/mol. The third-order valence-corrected chi connectivity index (χ3v) is 4.67. The molecule has 0 aliphatic heterocycles. The summed E-state index contributed by atoms with van der Waals surface area (Å²) in [6.07, 6.45) is 0.712. The van der Waals surface area contributed by atoms with Crippen LogP contribution in [0.1, 0.15) is 24.1 Å². The van der Waals surface area contributed by atoms with E-state index in [2.05, 4.69) is 12.2 Å². The largest absolute Gasteiger partial charge is 0.310 e. The molecule has 1 nitrogen and oxygen atoms in total. The second kappa shape index (κ2) is 7.71. The molecular formula is C16H15Cl4N. The zero-order chi connectivity index (χ0) is 15.4. The van der Waals surface area contributed by atoms with Crippen molar-refractivity contribution in [2.24, 2.45) is 0 Å². The first-order valence-corrected chi connectivity index (χ1v) is 8.15. The highest BCUT2D eigenvalue weighted by Crippen LogP contribution is 2.33. The molecule has 2 rings (SSSR count). The fourth-order valence-electron chi connectivity index (χ4n) is 2.24. The number of benzene rings is 2. The molecule has 5 heteroatoms. The fraction of sp³-hybridized carbons (Fsp3) is 0.250. The Hall–Kier alpha value is -0.440. The van der Waals surface area contributed by atoms with E-state index in [1.54, 1.807) is 12.1 Å². The van der Waals surface area contributed by atoms with Crippen LogP contribution in [-0.4, -0.2) is 6.54 Å². The minimum Gasteiger partial charge on any atom is -0.310 e. The highest BCUT2D eigenvalue weighted by Gasteiger charge is 2.17. The molecule has 2 aromatic carbocycles. The number of hydrogen-bond donors (Lipinski definition) is 1. The number of likely N-dealkylation sites (N-methyl/N-ethyl adjacent to an activating group) is 1. The monoisotopic (exact) mass is 361 g/mol. The number of rotatable bonds is 5. The lowest BCUT2D eigenvalue weighted by Gasteiger charge is -2.21. The topological polar surface area (TPSA) is 12.0 Å². The summed E-state index contributed by atoms with van der Waals surface area (Å²) in [6, 6.07) is 11.2. The zero-order valence-electron chi connectivity index (χ0n) is 11.5. The average Bonchev–Trinajstić information content (AvgIpc) is 2.44. The van der Waals surface area contributed by atoms with Gasteiger partial charge in [-0.05, 0) is 42.3 Å². The van der Waals surface area contributed by atoms with Crippen molar-refractivity contribution in [1.29, 1.82) is 0 Å². The fourth-order valence-corrected chi connectivity index (χ4v) is 3.16. The van der Waals surface area contributed by atoms with Crippen LogP contribution in [0.25, 0.3) is 0 Å². The Morgan fingerprint density at radius 3 is 2.43 bits per heavy atom. The quantitative estimate of drug-likeness (QED) is 0.668. The normalized spacial score (nSPS) is 12.4. The van der Waals surface area contributed by atoms with Crippen molar-refractivity contribution in [2.45, 2.75) is 19.4 Å². The third kappa shape index (κ3) is 4.28. The lowest BCUT2D eigenvalue weighted by Crippen LogP contribution is -2.23. The van der Waals surface area contributed by atoms with Crippen molar-refractivity contribution < 1.29 is 0 Å². The summed E-state index contributed by atoms with van der Waals surface area (Å²) in [6.45, 7) is 2.87. The molecule has 0 aliphatic rings. The molecule has 0 fully saturated rings. The summed E-state index contributed by atoms with van der Waals surface area (Å²) in [5.74, 6) is 0. The van der Waals surface area contributed by atoms with Crippen LogP contribution in [0.15, 0.2) is 36.4 Å². The Bertz CT molecular complexity index is 628. The predicted octanol–water partition coefficient (Wildman–Crippen LogP) is 6.19. The van der Waals surface area contributed by atoms with Gasteiger partial charge in [-0.3, -0.25) is 0 Å². The number of halogens is 4. The Morgan fingerprint density at radius 2 is 1.76 bits per heavy atom. The highest BCUT2D eigenvalue weighted by molar-refractivity contribution is 6.42. The summed E-state index contributed by atoms with van der Waals surface area (Å²) in [5.41, 5.74) is 1.99. The molecule has 0 heterocycles. The van der Waals surface area contributed by atoms with Crippen LogP contribution in [0, 0.1) is 0 Å². The van der Waals surface area contributed by atoms with Crippen LogP contribution in [0.5, 0.6) is 0 Å². The van der Waals surface area contributed by atoms with Crippen molar-refractivity contribution in [2.75, 3.05) is 6.54 Å². The molecule has 112 valence electrons. The van der Waals surface area contributed by atoms with Gasteiger partial charge in [-0.25, -0.2) is 0 Å². The van der Waals surface area contributed by atoms with E-state index in [9.17, 15) is 0 Å². The van der Waals surface area contributed by atoms with Crippen molar-refractivity contribution in [1.82, 2.24) is 5.32 Å². The molecule has 0 spiro atoms. The molecule has 1 atom stereocenters. The first-order valence-electron chi connectivity index (χ1n) is 6.64. The van der Waals surface area contributed by atoms with E-state index in [1.165, 1.54) is 0 Å². The van der Waals surface area contributed by atoms with E-state index >= 15 is 0 Å². The summed E-state index contributed by atoms with van der Waals surface area (Å²) in [5, 5.41) is 5.84. The lowest BCUT2D eigenvalue weighted by atomic mass is 9.98. The average molecular weight is 363 g/mol. The van der Waals surface area contributed by atoms with Crippen molar-refractivity contribution in [3.05, 3.63) is 67.6 Å². The Kier molecular flexibility index (Phi) is 6.21. The maximum absolute atomic E-state index is 6.33. The molecule has 21 heavy (non-hydrogen) atoms. The van der Waals surface area contributed by atoms with Gasteiger partial charge in [0.15, 0.2) is 0 Å². The highest BCUT2D eigenvalue weighted by atomic mass is 35.5. The zero-order valence-corrected chi connectivity index (χ0v) is 14.5. The van der Waals surface area contributed by atoms with Crippen LogP contribution in [0.3, 0.4) is 0 Å². The molecule has 0 saturated heterocycles. The SMILES string of the molecule is CCNC(Cc1ccc(Cl)cc1Cl)c1cccc(Cl)c1Cl.